The van der Waals surface area contributed by atoms with Crippen LogP contribution in [0, 0.1) is 0 Å². The van der Waals surface area contributed by atoms with E-state index in [2.05, 4.69) is 9.97 Å². The normalized spacial score (nSPS) is 10.5. The van der Waals surface area contributed by atoms with Gasteiger partial charge in [-0.15, -0.1) is 0 Å². The van der Waals surface area contributed by atoms with Crippen molar-refractivity contribution in [3.63, 3.8) is 0 Å². The molecule has 0 fully saturated rings. The first-order valence-corrected chi connectivity index (χ1v) is 6.67. The lowest BCUT2D eigenvalue weighted by molar-refractivity contribution is 0.101. The van der Waals surface area contributed by atoms with E-state index in [0.717, 1.165) is 10.8 Å². The Labute approximate surface area is 122 Å². The maximum atomic E-state index is 11.8. The zero-order valence-electron chi connectivity index (χ0n) is 11.6. The topological polar surface area (TPSA) is 52.1 Å². The molecule has 4 nitrogen and oxygen atoms in total. The van der Waals surface area contributed by atoms with Crippen molar-refractivity contribution in [3.05, 3.63) is 66.2 Å². The van der Waals surface area contributed by atoms with E-state index in [9.17, 15) is 4.79 Å². The molecule has 0 N–H and O–H groups in total. The van der Waals surface area contributed by atoms with Gasteiger partial charge in [0.1, 0.15) is 12.4 Å². The third kappa shape index (κ3) is 2.74. The van der Waals surface area contributed by atoms with E-state index in [0.29, 0.717) is 17.1 Å². The Balaban J connectivity index is 2.02. The maximum absolute atomic E-state index is 11.8. The number of nitrogens with zero attached hydrogens (tertiary/aromatic N) is 2. The predicted octanol–water partition coefficient (Wildman–Crippen LogP) is 3.41. The molecule has 0 spiro atoms. The first-order valence-electron chi connectivity index (χ1n) is 6.67. The molecular formula is C17H14N2O2. The Morgan fingerprint density at radius 3 is 2.57 bits per heavy atom. The number of hydrogen-bond donors (Lipinski definition) is 0. The standard InChI is InChI=1S/C17H14N2O2/c1-12(20)14-8-7-13-5-2-3-6-15(13)17(14)21-11-16-18-9-4-10-19-16/h2-10H,11H2,1H3. The van der Waals surface area contributed by atoms with Gasteiger partial charge in [0.2, 0.25) is 0 Å². The first kappa shape index (κ1) is 13.2. The minimum Gasteiger partial charge on any atom is -0.484 e. The molecule has 104 valence electrons. The van der Waals surface area contributed by atoms with Crippen molar-refractivity contribution >= 4 is 16.6 Å². The summed E-state index contributed by atoms with van der Waals surface area (Å²) in [5.41, 5.74) is 0.574. The third-order valence-electron chi connectivity index (χ3n) is 3.22. The molecule has 0 bridgehead atoms. The van der Waals surface area contributed by atoms with E-state index in [4.69, 9.17) is 4.74 Å². The summed E-state index contributed by atoms with van der Waals surface area (Å²) < 4.78 is 5.85. The highest BCUT2D eigenvalue weighted by molar-refractivity contribution is 6.03. The van der Waals surface area contributed by atoms with Crippen LogP contribution in [0.1, 0.15) is 23.1 Å². The van der Waals surface area contributed by atoms with Crippen molar-refractivity contribution in [2.45, 2.75) is 13.5 Å². The van der Waals surface area contributed by atoms with Crippen LogP contribution in [-0.2, 0) is 6.61 Å². The second-order valence-electron chi connectivity index (χ2n) is 4.67. The van der Waals surface area contributed by atoms with Crippen LogP contribution in [0.25, 0.3) is 10.8 Å². The van der Waals surface area contributed by atoms with Crippen molar-refractivity contribution in [2.24, 2.45) is 0 Å². The fourth-order valence-corrected chi connectivity index (χ4v) is 2.22. The summed E-state index contributed by atoms with van der Waals surface area (Å²) in [7, 11) is 0. The van der Waals surface area contributed by atoms with Crippen LogP contribution in [-0.4, -0.2) is 15.8 Å². The average Bonchev–Trinajstić information content (AvgIpc) is 2.53. The van der Waals surface area contributed by atoms with Gasteiger partial charge in [-0.3, -0.25) is 4.79 Å². The molecule has 0 radical (unpaired) electrons. The number of rotatable bonds is 4. The first-order chi connectivity index (χ1) is 10.3. The number of ether oxygens (including phenoxy) is 1. The van der Waals surface area contributed by atoms with E-state index in [-0.39, 0.29) is 12.4 Å². The Morgan fingerprint density at radius 2 is 1.81 bits per heavy atom. The molecule has 4 heteroatoms. The van der Waals surface area contributed by atoms with Gasteiger partial charge in [-0.25, -0.2) is 9.97 Å². The van der Waals surface area contributed by atoms with Gasteiger partial charge in [-0.2, -0.15) is 0 Å². The number of carbonyl (C=O) groups excluding carboxylic acids is 1. The Morgan fingerprint density at radius 1 is 1.05 bits per heavy atom. The lowest BCUT2D eigenvalue weighted by atomic mass is 10.0. The molecule has 0 aliphatic heterocycles. The van der Waals surface area contributed by atoms with Gasteiger partial charge in [0.25, 0.3) is 0 Å². The van der Waals surface area contributed by atoms with Crippen molar-refractivity contribution in [1.82, 2.24) is 9.97 Å². The van der Waals surface area contributed by atoms with Gasteiger partial charge >= 0.3 is 0 Å². The molecule has 1 heterocycles. The highest BCUT2D eigenvalue weighted by Gasteiger charge is 2.13. The van der Waals surface area contributed by atoms with Gasteiger partial charge in [0.15, 0.2) is 11.6 Å². The number of benzene rings is 2. The SMILES string of the molecule is CC(=O)c1ccc2ccccc2c1OCc1ncccn1. The quantitative estimate of drug-likeness (QED) is 0.686. The zero-order valence-corrected chi connectivity index (χ0v) is 11.6. The van der Waals surface area contributed by atoms with Crippen molar-refractivity contribution in [1.29, 1.82) is 0 Å². The minimum absolute atomic E-state index is 0.0234. The summed E-state index contributed by atoms with van der Waals surface area (Å²) >= 11 is 0. The van der Waals surface area contributed by atoms with Gasteiger partial charge < -0.3 is 4.74 Å². The van der Waals surface area contributed by atoms with Gasteiger partial charge in [0, 0.05) is 17.8 Å². The fourth-order valence-electron chi connectivity index (χ4n) is 2.22. The molecule has 0 unspecified atom stereocenters. The monoisotopic (exact) mass is 278 g/mol. The maximum Gasteiger partial charge on any atom is 0.166 e. The lowest BCUT2D eigenvalue weighted by Gasteiger charge is -2.12. The highest BCUT2D eigenvalue weighted by atomic mass is 16.5. The highest BCUT2D eigenvalue weighted by Crippen LogP contribution is 2.30. The second kappa shape index (κ2) is 5.71. The number of Topliss-reactive ketones (excluding diaryl/α,β-unsaturated/α-hetero) is 1. The Bertz CT molecular complexity index is 785. The van der Waals surface area contributed by atoms with Gasteiger partial charge in [-0.1, -0.05) is 30.3 Å². The molecule has 0 aliphatic carbocycles. The number of hydrogen-bond acceptors (Lipinski definition) is 4. The molecule has 0 aliphatic rings. The average molecular weight is 278 g/mol. The number of ketones is 1. The smallest absolute Gasteiger partial charge is 0.166 e. The molecule has 3 rings (SSSR count). The van der Waals surface area contributed by atoms with Crippen LogP contribution >= 0.6 is 0 Å². The molecule has 0 amide bonds. The molecule has 21 heavy (non-hydrogen) atoms. The summed E-state index contributed by atoms with van der Waals surface area (Å²) in [6, 6.07) is 13.3. The van der Waals surface area contributed by atoms with E-state index in [1.54, 1.807) is 24.5 Å². The predicted molar refractivity (Wildman–Crippen MR) is 80.3 cm³/mol. The van der Waals surface area contributed by atoms with Crippen LogP contribution in [0.5, 0.6) is 5.75 Å². The van der Waals surface area contributed by atoms with E-state index < -0.39 is 0 Å². The molecule has 2 aromatic carbocycles. The fraction of sp³-hybridized carbons (Fsp3) is 0.118. The van der Waals surface area contributed by atoms with E-state index in [1.807, 2.05) is 30.3 Å². The lowest BCUT2D eigenvalue weighted by Crippen LogP contribution is -2.04. The Kier molecular flexibility index (Phi) is 3.60. The zero-order chi connectivity index (χ0) is 14.7. The van der Waals surface area contributed by atoms with Crippen molar-refractivity contribution in [3.8, 4) is 5.75 Å². The summed E-state index contributed by atoms with van der Waals surface area (Å²) in [5.74, 6) is 1.15. The van der Waals surface area contributed by atoms with Crippen molar-refractivity contribution < 1.29 is 9.53 Å². The van der Waals surface area contributed by atoms with Crippen LogP contribution in [0.4, 0.5) is 0 Å². The minimum atomic E-state index is -0.0234. The van der Waals surface area contributed by atoms with Crippen molar-refractivity contribution in [2.75, 3.05) is 0 Å². The van der Waals surface area contributed by atoms with Gasteiger partial charge in [-0.05, 0) is 24.4 Å². The largest absolute Gasteiger partial charge is 0.484 e. The Hall–Kier alpha value is -2.75. The molecule has 0 atom stereocenters. The molecular weight excluding hydrogens is 264 g/mol. The van der Waals surface area contributed by atoms with E-state index >= 15 is 0 Å². The number of aromatic nitrogens is 2. The van der Waals surface area contributed by atoms with Gasteiger partial charge in [0.05, 0.1) is 5.56 Å². The summed E-state index contributed by atoms with van der Waals surface area (Å²) in [5, 5.41) is 1.95. The number of fused-ring (bicyclic) bond motifs is 1. The summed E-state index contributed by atoms with van der Waals surface area (Å²) in [4.78, 5) is 20.1. The molecule has 3 aromatic rings. The summed E-state index contributed by atoms with van der Waals surface area (Å²) in [6.45, 7) is 1.77. The second-order valence-corrected chi connectivity index (χ2v) is 4.67. The summed E-state index contributed by atoms with van der Waals surface area (Å²) in [6.07, 6.45) is 3.33. The van der Waals surface area contributed by atoms with E-state index in [1.165, 1.54) is 6.92 Å². The molecule has 0 saturated carbocycles. The van der Waals surface area contributed by atoms with Crippen LogP contribution in [0.2, 0.25) is 0 Å². The molecule has 1 aromatic heterocycles. The van der Waals surface area contributed by atoms with Crippen LogP contribution in [0.3, 0.4) is 0 Å². The number of carbonyl (C=O) groups is 1. The molecule has 0 saturated heterocycles. The third-order valence-corrected chi connectivity index (χ3v) is 3.22. The van der Waals surface area contributed by atoms with Crippen LogP contribution in [0.15, 0.2) is 54.9 Å². The van der Waals surface area contributed by atoms with Crippen LogP contribution < -0.4 is 4.74 Å².